The summed E-state index contributed by atoms with van der Waals surface area (Å²) in [5, 5.41) is 21.7. The third-order valence-corrected chi connectivity index (χ3v) is 0.799. The smallest absolute Gasteiger partial charge is 0.0887 e. The lowest BCUT2D eigenvalue weighted by Gasteiger charge is -1.96. The average molecular weight is 114 g/mol. The van der Waals surface area contributed by atoms with Gasteiger partial charge in [-0.1, -0.05) is 0 Å². The van der Waals surface area contributed by atoms with E-state index in [9.17, 15) is 0 Å². The molecule has 3 heteroatoms. The first-order valence-corrected chi connectivity index (χ1v) is 2.49. The molecule has 0 saturated carbocycles. The molecule has 0 spiro atoms. The molecule has 8 heavy (non-hydrogen) atoms. The Labute approximate surface area is 48.4 Å². The quantitative estimate of drug-likeness (QED) is 0.456. The fourth-order valence-electron chi connectivity index (χ4n) is 0.337. The lowest BCUT2D eigenvalue weighted by molar-refractivity contribution is 0.238. The molecule has 0 aromatic rings. The van der Waals surface area contributed by atoms with Crippen LogP contribution in [-0.2, 0) is 0 Å². The summed E-state index contributed by atoms with van der Waals surface area (Å²) in [6, 6.07) is 0. The van der Waals surface area contributed by atoms with Crippen LogP contribution in [0.2, 0.25) is 0 Å². The molecule has 0 aliphatic carbocycles. The van der Waals surface area contributed by atoms with Crippen LogP contribution >= 0.6 is 0 Å². The predicted octanol–water partition coefficient (Wildman–Crippen LogP) is 0.427. The van der Waals surface area contributed by atoms with E-state index in [1.807, 2.05) is 0 Å². The molecule has 0 rings (SSSR count). The van der Waals surface area contributed by atoms with Crippen LogP contribution in [0, 0.1) is 10.8 Å². The second-order valence-corrected chi connectivity index (χ2v) is 1.52. The van der Waals surface area contributed by atoms with Gasteiger partial charge in [0.15, 0.2) is 0 Å². The Bertz CT molecular complexity index is 82.5. The van der Waals surface area contributed by atoms with E-state index < -0.39 is 6.10 Å². The van der Waals surface area contributed by atoms with Gasteiger partial charge in [0.1, 0.15) is 0 Å². The highest BCUT2D eigenvalue weighted by molar-refractivity contribution is 5.60. The molecule has 0 heterocycles. The van der Waals surface area contributed by atoms with E-state index in [1.165, 1.54) is 6.21 Å². The van der Waals surface area contributed by atoms with Crippen LogP contribution in [0.4, 0.5) is 0 Å². The van der Waals surface area contributed by atoms with Crippen LogP contribution in [0.15, 0.2) is 0 Å². The molecule has 0 saturated heterocycles. The van der Waals surface area contributed by atoms with Crippen molar-refractivity contribution >= 4 is 12.4 Å². The standard InChI is InChI=1S/C5H10N2O/c6-3-1-2-5(8)4-7/h3-8H,1-2H2. The van der Waals surface area contributed by atoms with Crippen molar-refractivity contribution in [2.45, 2.75) is 18.9 Å². The van der Waals surface area contributed by atoms with Crippen molar-refractivity contribution in [3.05, 3.63) is 0 Å². The lowest BCUT2D eigenvalue weighted by atomic mass is 10.2. The summed E-state index contributed by atoms with van der Waals surface area (Å²) >= 11 is 0. The van der Waals surface area contributed by atoms with Crippen molar-refractivity contribution in [2.24, 2.45) is 0 Å². The van der Waals surface area contributed by atoms with Gasteiger partial charge in [-0.2, -0.15) is 0 Å². The predicted molar refractivity (Wildman–Crippen MR) is 32.8 cm³/mol. The maximum Gasteiger partial charge on any atom is 0.0887 e. The number of rotatable bonds is 4. The molecule has 0 aliphatic rings. The maximum absolute atomic E-state index is 8.64. The second-order valence-electron chi connectivity index (χ2n) is 1.52. The molecule has 0 aliphatic heterocycles. The number of aliphatic hydroxyl groups is 1. The number of nitrogens with one attached hydrogen (secondary N) is 2. The molecule has 3 N–H and O–H groups in total. The topological polar surface area (TPSA) is 67.9 Å². The highest BCUT2D eigenvalue weighted by Crippen LogP contribution is 1.89. The average Bonchev–Trinajstić information content (AvgIpc) is 1.83. The largest absolute Gasteiger partial charge is 0.387 e. The van der Waals surface area contributed by atoms with Crippen molar-refractivity contribution in [1.82, 2.24) is 0 Å². The first-order chi connectivity index (χ1) is 3.81. The minimum atomic E-state index is -0.656. The van der Waals surface area contributed by atoms with Gasteiger partial charge in [-0.15, -0.1) is 0 Å². The zero-order valence-corrected chi connectivity index (χ0v) is 4.59. The maximum atomic E-state index is 8.64. The SMILES string of the molecule is N=CCCC(O)C=N. The molecule has 1 unspecified atom stereocenters. The molecule has 0 amide bonds. The van der Waals surface area contributed by atoms with Crippen molar-refractivity contribution in [3.8, 4) is 0 Å². The van der Waals surface area contributed by atoms with E-state index in [0.29, 0.717) is 12.8 Å². The number of hydrogen-bond acceptors (Lipinski definition) is 3. The van der Waals surface area contributed by atoms with E-state index in [1.54, 1.807) is 0 Å². The van der Waals surface area contributed by atoms with Crippen LogP contribution in [0.25, 0.3) is 0 Å². The molecule has 3 nitrogen and oxygen atoms in total. The molecular weight excluding hydrogens is 104 g/mol. The molecule has 1 atom stereocenters. The van der Waals surface area contributed by atoms with E-state index in [2.05, 4.69) is 0 Å². The number of hydrogen-bond donors (Lipinski definition) is 3. The Morgan fingerprint density at radius 2 is 2.12 bits per heavy atom. The Morgan fingerprint density at radius 1 is 1.50 bits per heavy atom. The highest BCUT2D eigenvalue weighted by atomic mass is 16.3. The lowest BCUT2D eigenvalue weighted by Crippen LogP contribution is -2.06. The Hall–Kier alpha value is -0.700. The minimum Gasteiger partial charge on any atom is -0.387 e. The summed E-state index contributed by atoms with van der Waals surface area (Å²) in [4.78, 5) is 0. The summed E-state index contributed by atoms with van der Waals surface area (Å²) in [6.07, 6.45) is 2.59. The highest BCUT2D eigenvalue weighted by Gasteiger charge is 1.94. The summed E-state index contributed by atoms with van der Waals surface area (Å²) in [5.74, 6) is 0. The van der Waals surface area contributed by atoms with Gasteiger partial charge < -0.3 is 15.9 Å². The summed E-state index contributed by atoms with van der Waals surface area (Å²) in [6.45, 7) is 0. The first-order valence-electron chi connectivity index (χ1n) is 2.49. The summed E-state index contributed by atoms with van der Waals surface area (Å²) in [5.41, 5.74) is 0. The van der Waals surface area contributed by atoms with Gasteiger partial charge in [0, 0.05) is 6.21 Å². The zero-order valence-electron chi connectivity index (χ0n) is 4.59. The van der Waals surface area contributed by atoms with Gasteiger partial charge >= 0.3 is 0 Å². The van der Waals surface area contributed by atoms with Gasteiger partial charge in [-0.05, 0) is 19.1 Å². The third-order valence-electron chi connectivity index (χ3n) is 0.799. The van der Waals surface area contributed by atoms with Crippen LogP contribution < -0.4 is 0 Å². The van der Waals surface area contributed by atoms with E-state index in [4.69, 9.17) is 15.9 Å². The summed E-state index contributed by atoms with van der Waals surface area (Å²) < 4.78 is 0. The molecule has 46 valence electrons. The Morgan fingerprint density at radius 3 is 2.50 bits per heavy atom. The van der Waals surface area contributed by atoms with Gasteiger partial charge in [-0.25, -0.2) is 0 Å². The fourth-order valence-corrected chi connectivity index (χ4v) is 0.337. The third kappa shape index (κ3) is 3.49. The van der Waals surface area contributed by atoms with Crippen LogP contribution in [0.5, 0.6) is 0 Å². The van der Waals surface area contributed by atoms with Crippen molar-refractivity contribution in [1.29, 1.82) is 10.8 Å². The van der Waals surface area contributed by atoms with Gasteiger partial charge in [0.2, 0.25) is 0 Å². The minimum absolute atomic E-state index is 0.493. The monoisotopic (exact) mass is 114 g/mol. The van der Waals surface area contributed by atoms with Crippen LogP contribution in [-0.4, -0.2) is 23.6 Å². The molecule has 0 bridgehead atoms. The van der Waals surface area contributed by atoms with Crippen LogP contribution in [0.3, 0.4) is 0 Å². The molecule has 0 radical (unpaired) electrons. The number of aliphatic hydroxyl groups excluding tert-OH is 1. The molecule has 0 fully saturated rings. The first kappa shape index (κ1) is 7.30. The normalized spacial score (nSPS) is 12.6. The van der Waals surface area contributed by atoms with E-state index >= 15 is 0 Å². The molecular formula is C5H10N2O. The second kappa shape index (κ2) is 4.46. The molecule has 0 aromatic carbocycles. The van der Waals surface area contributed by atoms with Crippen molar-refractivity contribution in [3.63, 3.8) is 0 Å². The fraction of sp³-hybridized carbons (Fsp3) is 0.600. The molecule has 0 aromatic heterocycles. The van der Waals surface area contributed by atoms with E-state index in [-0.39, 0.29) is 0 Å². The van der Waals surface area contributed by atoms with Gasteiger partial charge in [-0.3, -0.25) is 0 Å². The zero-order chi connectivity index (χ0) is 6.41. The summed E-state index contributed by atoms with van der Waals surface area (Å²) in [7, 11) is 0. The van der Waals surface area contributed by atoms with E-state index in [0.717, 1.165) is 6.21 Å². The van der Waals surface area contributed by atoms with Gasteiger partial charge in [0.25, 0.3) is 0 Å². The Kier molecular flexibility index (Phi) is 4.07. The van der Waals surface area contributed by atoms with Crippen LogP contribution in [0.1, 0.15) is 12.8 Å². The van der Waals surface area contributed by atoms with Crippen molar-refractivity contribution < 1.29 is 5.11 Å². The van der Waals surface area contributed by atoms with Crippen molar-refractivity contribution in [2.75, 3.05) is 0 Å². The van der Waals surface area contributed by atoms with Gasteiger partial charge in [0.05, 0.1) is 6.10 Å². The Balaban J connectivity index is 3.09.